The number of nitrogens with zero attached hydrogens (tertiary/aromatic N) is 1. The van der Waals surface area contributed by atoms with E-state index in [1.165, 1.54) is 4.90 Å². The van der Waals surface area contributed by atoms with Crippen molar-refractivity contribution in [1.29, 1.82) is 0 Å². The molecule has 1 fully saturated rings. The molecule has 2 atom stereocenters. The van der Waals surface area contributed by atoms with Crippen LogP contribution in [0.1, 0.15) is 39.2 Å². The van der Waals surface area contributed by atoms with Crippen molar-refractivity contribution in [1.82, 2.24) is 10.2 Å². The van der Waals surface area contributed by atoms with Crippen molar-refractivity contribution in [2.45, 2.75) is 57.5 Å². The number of amides is 2. The predicted octanol–water partition coefficient (Wildman–Crippen LogP) is 2.04. The number of aliphatic hydroxyl groups is 2. The quantitative estimate of drug-likeness (QED) is 0.653. The number of nitrogens with one attached hydrogen (secondary N) is 1. The zero-order valence-electron chi connectivity index (χ0n) is 16.7. The van der Waals surface area contributed by atoms with Crippen molar-refractivity contribution in [3.8, 4) is 0 Å². The molecule has 156 valence electrons. The van der Waals surface area contributed by atoms with Gasteiger partial charge in [-0.3, -0.25) is 0 Å². The fourth-order valence-corrected chi connectivity index (χ4v) is 3.12. The lowest BCUT2D eigenvalue weighted by Crippen LogP contribution is -2.68. The van der Waals surface area contributed by atoms with Gasteiger partial charge >= 0.3 is 12.2 Å². The van der Waals surface area contributed by atoms with E-state index in [2.05, 4.69) is 5.32 Å². The zero-order chi connectivity index (χ0) is 20.8. The molecule has 1 aromatic carbocycles. The van der Waals surface area contributed by atoms with Crippen molar-refractivity contribution >= 4 is 12.2 Å². The molecule has 0 bridgehead atoms. The maximum absolute atomic E-state index is 12.5. The highest BCUT2D eigenvalue weighted by atomic mass is 16.6. The Kier molecular flexibility index (Phi) is 7.26. The molecule has 0 spiro atoms. The van der Waals surface area contributed by atoms with Gasteiger partial charge in [0, 0.05) is 19.5 Å². The molecule has 2 amide bonds. The lowest BCUT2D eigenvalue weighted by molar-refractivity contribution is -0.0671. The summed E-state index contributed by atoms with van der Waals surface area (Å²) < 4.78 is 10.6. The van der Waals surface area contributed by atoms with E-state index in [0.29, 0.717) is 13.0 Å². The Bertz CT molecular complexity index is 660. The van der Waals surface area contributed by atoms with Gasteiger partial charge in [-0.15, -0.1) is 0 Å². The van der Waals surface area contributed by atoms with Crippen LogP contribution >= 0.6 is 0 Å². The van der Waals surface area contributed by atoms with Gasteiger partial charge in [0.15, 0.2) is 0 Å². The first-order valence-corrected chi connectivity index (χ1v) is 9.39. The van der Waals surface area contributed by atoms with E-state index in [0.717, 1.165) is 5.56 Å². The Morgan fingerprint density at radius 1 is 1.29 bits per heavy atom. The summed E-state index contributed by atoms with van der Waals surface area (Å²) in [5.41, 5.74) is -0.617. The fraction of sp³-hybridized carbons (Fsp3) is 0.600. The second-order valence-electron chi connectivity index (χ2n) is 8.06. The minimum Gasteiger partial charge on any atom is -0.445 e. The number of aliphatic hydroxyl groups excluding tert-OH is 2. The number of likely N-dealkylation sites (tertiary alicyclic amines) is 1. The summed E-state index contributed by atoms with van der Waals surface area (Å²) >= 11 is 0. The average molecular weight is 394 g/mol. The number of rotatable bonds is 7. The van der Waals surface area contributed by atoms with Crippen LogP contribution in [0.3, 0.4) is 0 Å². The van der Waals surface area contributed by atoms with Crippen LogP contribution in [0.2, 0.25) is 0 Å². The summed E-state index contributed by atoms with van der Waals surface area (Å²) in [5.74, 6) is 0. The molecular weight excluding hydrogens is 364 g/mol. The standard InChI is InChI=1S/C20H30N2O6/c1-19(2,3)28-18(26)22-10-9-20(22,11-16(24)12-23)14-21-17(25)27-13-15-7-5-4-6-8-15/h4-8,16,23-24H,9-14H2,1-3H3,(H,21,25). The number of benzene rings is 1. The highest BCUT2D eigenvalue weighted by Crippen LogP contribution is 2.36. The van der Waals surface area contributed by atoms with Gasteiger partial charge < -0.3 is 29.9 Å². The third-order valence-electron chi connectivity index (χ3n) is 4.59. The first-order chi connectivity index (χ1) is 13.1. The molecule has 1 aliphatic heterocycles. The van der Waals surface area contributed by atoms with Crippen LogP contribution in [0.5, 0.6) is 0 Å². The molecule has 1 saturated heterocycles. The van der Waals surface area contributed by atoms with E-state index in [-0.39, 0.29) is 19.6 Å². The number of hydrogen-bond acceptors (Lipinski definition) is 6. The third-order valence-corrected chi connectivity index (χ3v) is 4.59. The molecule has 2 unspecified atom stereocenters. The summed E-state index contributed by atoms with van der Waals surface area (Å²) in [4.78, 5) is 26.1. The molecule has 28 heavy (non-hydrogen) atoms. The van der Waals surface area contributed by atoms with Gasteiger partial charge in [0.2, 0.25) is 0 Å². The van der Waals surface area contributed by atoms with E-state index >= 15 is 0 Å². The summed E-state index contributed by atoms with van der Waals surface area (Å²) in [7, 11) is 0. The van der Waals surface area contributed by atoms with Crippen LogP contribution in [-0.2, 0) is 16.1 Å². The van der Waals surface area contributed by atoms with E-state index in [9.17, 15) is 19.8 Å². The number of hydrogen-bond donors (Lipinski definition) is 3. The van der Waals surface area contributed by atoms with Crippen molar-refractivity contribution in [2.75, 3.05) is 19.7 Å². The monoisotopic (exact) mass is 394 g/mol. The number of ether oxygens (including phenoxy) is 2. The molecule has 0 aliphatic carbocycles. The molecule has 3 N–H and O–H groups in total. The summed E-state index contributed by atoms with van der Waals surface area (Å²) in [5, 5.41) is 21.8. The second-order valence-corrected chi connectivity index (χ2v) is 8.06. The normalized spacial score (nSPS) is 20.1. The summed E-state index contributed by atoms with van der Waals surface area (Å²) in [6.45, 7) is 5.57. The van der Waals surface area contributed by atoms with E-state index in [1.807, 2.05) is 30.3 Å². The fourth-order valence-electron chi connectivity index (χ4n) is 3.12. The largest absolute Gasteiger partial charge is 0.445 e. The second kappa shape index (κ2) is 9.25. The highest BCUT2D eigenvalue weighted by Gasteiger charge is 2.50. The SMILES string of the molecule is CC(C)(C)OC(=O)N1CCC1(CNC(=O)OCc1ccccc1)CC(O)CO. The van der Waals surface area contributed by atoms with E-state index < -0.39 is 36.0 Å². The van der Waals surface area contributed by atoms with Crippen molar-refractivity contribution < 1.29 is 29.3 Å². The van der Waals surface area contributed by atoms with Gasteiger partial charge in [-0.05, 0) is 32.8 Å². The van der Waals surface area contributed by atoms with Crippen LogP contribution < -0.4 is 5.32 Å². The summed E-state index contributed by atoms with van der Waals surface area (Å²) in [6.07, 6.45) is -1.43. The molecule has 0 aromatic heterocycles. The van der Waals surface area contributed by atoms with Crippen molar-refractivity contribution in [2.24, 2.45) is 0 Å². The molecule has 8 nitrogen and oxygen atoms in total. The molecule has 1 aromatic rings. The predicted molar refractivity (Wildman–Crippen MR) is 103 cm³/mol. The molecule has 2 rings (SSSR count). The highest BCUT2D eigenvalue weighted by molar-refractivity contribution is 5.71. The van der Waals surface area contributed by atoms with Gasteiger partial charge in [-0.2, -0.15) is 0 Å². The lowest BCUT2D eigenvalue weighted by atomic mass is 9.80. The first kappa shape index (κ1) is 22.0. The Hall–Kier alpha value is -2.32. The molecule has 8 heteroatoms. The average Bonchev–Trinajstić information content (AvgIpc) is 2.61. The minimum atomic E-state index is -1.01. The Balaban J connectivity index is 1.96. The maximum atomic E-state index is 12.5. The van der Waals surface area contributed by atoms with Gasteiger partial charge in [0.25, 0.3) is 0 Å². The smallest absolute Gasteiger partial charge is 0.410 e. The molecule has 1 heterocycles. The number of carbonyl (C=O) groups is 2. The zero-order valence-corrected chi connectivity index (χ0v) is 16.7. The Labute approximate surface area is 165 Å². The van der Waals surface area contributed by atoms with Gasteiger partial charge in [0.1, 0.15) is 12.2 Å². The van der Waals surface area contributed by atoms with E-state index in [1.54, 1.807) is 20.8 Å². The lowest BCUT2D eigenvalue weighted by Gasteiger charge is -2.53. The van der Waals surface area contributed by atoms with Gasteiger partial charge in [-0.1, -0.05) is 30.3 Å². The molecular formula is C20H30N2O6. The molecule has 0 radical (unpaired) electrons. The van der Waals surface area contributed by atoms with Gasteiger partial charge in [0.05, 0.1) is 18.2 Å². The number of alkyl carbamates (subject to hydrolysis) is 1. The van der Waals surface area contributed by atoms with E-state index in [4.69, 9.17) is 9.47 Å². The third kappa shape index (κ3) is 6.10. The van der Waals surface area contributed by atoms with Crippen LogP contribution in [-0.4, -0.2) is 64.2 Å². The van der Waals surface area contributed by atoms with Crippen LogP contribution in [0.4, 0.5) is 9.59 Å². The Morgan fingerprint density at radius 2 is 1.96 bits per heavy atom. The first-order valence-electron chi connectivity index (χ1n) is 9.39. The molecule has 1 aliphatic rings. The molecule has 0 saturated carbocycles. The van der Waals surface area contributed by atoms with Crippen molar-refractivity contribution in [3.05, 3.63) is 35.9 Å². The topological polar surface area (TPSA) is 108 Å². The van der Waals surface area contributed by atoms with Crippen LogP contribution in [0.15, 0.2) is 30.3 Å². The maximum Gasteiger partial charge on any atom is 0.410 e. The van der Waals surface area contributed by atoms with Crippen molar-refractivity contribution in [3.63, 3.8) is 0 Å². The minimum absolute atomic E-state index is 0.0942. The van der Waals surface area contributed by atoms with Crippen LogP contribution in [0.25, 0.3) is 0 Å². The van der Waals surface area contributed by atoms with Crippen LogP contribution in [0, 0.1) is 0 Å². The Morgan fingerprint density at radius 3 is 2.50 bits per heavy atom. The number of carbonyl (C=O) groups excluding carboxylic acids is 2. The summed E-state index contributed by atoms with van der Waals surface area (Å²) in [6, 6.07) is 9.29. The van der Waals surface area contributed by atoms with Gasteiger partial charge in [-0.25, -0.2) is 9.59 Å².